The van der Waals surface area contributed by atoms with Gasteiger partial charge < -0.3 is 25.1 Å². The smallest absolute Gasteiger partial charge is 0.325 e. The highest BCUT2D eigenvalue weighted by molar-refractivity contribution is 6.06. The highest BCUT2D eigenvalue weighted by atomic mass is 16.4. The summed E-state index contributed by atoms with van der Waals surface area (Å²) in [5, 5.41) is 25.1. The van der Waals surface area contributed by atoms with Gasteiger partial charge in [-0.25, -0.2) is 4.79 Å². The molecule has 4 N–H and O–H groups in total. The molecule has 4 amide bonds. The van der Waals surface area contributed by atoms with Gasteiger partial charge in [-0.2, -0.15) is 0 Å². The van der Waals surface area contributed by atoms with Crippen LogP contribution in [-0.4, -0.2) is 61.7 Å². The van der Waals surface area contributed by atoms with Gasteiger partial charge in [-0.3, -0.25) is 14.5 Å². The molecule has 1 aromatic carbocycles. The Morgan fingerprint density at radius 3 is 2.61 bits per heavy atom. The van der Waals surface area contributed by atoms with Crippen LogP contribution < -0.4 is 10.6 Å². The van der Waals surface area contributed by atoms with Crippen LogP contribution in [0.25, 0.3) is 10.9 Å². The number of fused-ring (bicyclic) bond motifs is 1. The molecule has 3 heterocycles. The first-order valence-electron chi connectivity index (χ1n) is 11.9. The van der Waals surface area contributed by atoms with E-state index in [1.807, 2.05) is 65.1 Å². The molecule has 11 heteroatoms. The average Bonchev–Trinajstić information content (AvgIpc) is 3.52. The number of benzene rings is 1. The Kier molecular flexibility index (Phi) is 6.85. The summed E-state index contributed by atoms with van der Waals surface area (Å²) in [6, 6.07) is 5.52. The maximum atomic E-state index is 13.0. The third kappa shape index (κ3) is 5.11. The molecule has 0 bridgehead atoms. The molecule has 11 nitrogen and oxygen atoms in total. The van der Waals surface area contributed by atoms with E-state index in [-0.39, 0.29) is 11.8 Å². The Labute approximate surface area is 208 Å². The van der Waals surface area contributed by atoms with E-state index in [2.05, 4.69) is 25.8 Å². The van der Waals surface area contributed by atoms with Gasteiger partial charge in [-0.15, -0.1) is 10.2 Å². The molecule has 192 valence electrons. The van der Waals surface area contributed by atoms with Crippen molar-refractivity contribution in [2.75, 3.05) is 6.54 Å². The lowest BCUT2D eigenvalue weighted by atomic mass is 9.97. The molecule has 3 atom stereocenters. The largest absolute Gasteiger partial charge is 0.422 e. The van der Waals surface area contributed by atoms with Gasteiger partial charge in [0.25, 0.3) is 5.91 Å². The number of carbonyl (C=O) groups excluding carboxylic acids is 3. The quantitative estimate of drug-likeness (QED) is 0.349. The highest BCUT2D eigenvalue weighted by Gasteiger charge is 2.40. The number of carbonyl (C=O) groups is 3. The van der Waals surface area contributed by atoms with Gasteiger partial charge in [0, 0.05) is 28.9 Å². The molecule has 1 saturated heterocycles. The van der Waals surface area contributed by atoms with Gasteiger partial charge in [-0.1, -0.05) is 52.8 Å². The number of amides is 4. The summed E-state index contributed by atoms with van der Waals surface area (Å²) in [5.41, 5.74) is 1.44. The van der Waals surface area contributed by atoms with Crippen molar-refractivity contribution in [1.82, 2.24) is 30.7 Å². The van der Waals surface area contributed by atoms with Crippen LogP contribution in [0.15, 0.2) is 34.9 Å². The first-order valence-corrected chi connectivity index (χ1v) is 11.9. The molecule has 0 spiro atoms. The molecular weight excluding hydrogens is 464 g/mol. The van der Waals surface area contributed by atoms with Crippen molar-refractivity contribution in [3.63, 3.8) is 0 Å². The van der Waals surface area contributed by atoms with Crippen LogP contribution in [0.1, 0.15) is 58.1 Å². The summed E-state index contributed by atoms with van der Waals surface area (Å²) >= 11 is 0. The topological polar surface area (TPSA) is 153 Å². The van der Waals surface area contributed by atoms with E-state index in [1.54, 1.807) is 0 Å². The Balaban J connectivity index is 1.41. The second kappa shape index (κ2) is 9.73. The summed E-state index contributed by atoms with van der Waals surface area (Å²) in [4.78, 5) is 42.4. The molecule has 36 heavy (non-hydrogen) atoms. The first-order chi connectivity index (χ1) is 17.0. The molecule has 0 radical (unpaired) electrons. The highest BCUT2D eigenvalue weighted by Crippen LogP contribution is 2.26. The summed E-state index contributed by atoms with van der Waals surface area (Å²) in [5.74, 6) is -0.904. The molecule has 1 aliphatic rings. The van der Waals surface area contributed by atoms with Crippen LogP contribution in [0.4, 0.5) is 4.79 Å². The zero-order valence-electron chi connectivity index (χ0n) is 21.0. The van der Waals surface area contributed by atoms with Crippen LogP contribution in [0.3, 0.4) is 0 Å². The average molecular weight is 497 g/mol. The third-order valence-electron chi connectivity index (χ3n) is 6.23. The minimum atomic E-state index is -1.25. The predicted octanol–water partition coefficient (Wildman–Crippen LogP) is 2.19. The third-order valence-corrected chi connectivity index (χ3v) is 6.23. The molecule has 4 rings (SSSR count). The van der Waals surface area contributed by atoms with E-state index in [1.165, 1.54) is 0 Å². The van der Waals surface area contributed by atoms with E-state index in [0.717, 1.165) is 21.4 Å². The number of aromatic amines is 1. The predicted molar refractivity (Wildman–Crippen MR) is 131 cm³/mol. The number of nitrogens with one attached hydrogen (secondary N) is 3. The van der Waals surface area contributed by atoms with Crippen LogP contribution in [-0.2, 0) is 21.4 Å². The first kappa shape index (κ1) is 25.4. The number of rotatable bonds is 8. The van der Waals surface area contributed by atoms with E-state index in [4.69, 9.17) is 4.42 Å². The second-order valence-corrected chi connectivity index (χ2v) is 10.5. The minimum absolute atomic E-state index is 0.00675. The maximum absolute atomic E-state index is 13.0. The van der Waals surface area contributed by atoms with Gasteiger partial charge in [0.1, 0.15) is 12.6 Å². The molecule has 0 saturated carbocycles. The van der Waals surface area contributed by atoms with Crippen molar-refractivity contribution in [1.29, 1.82) is 0 Å². The molecular formula is C25H32N6O5. The SMILES string of the molecule is CC(C)[C@H](NC(=O)CN1C(=O)N[C@H](Cc2c[nH]c3ccccc23)C1=O)C(O)c1nnc(C(C)(C)C)o1. The fraction of sp³-hybridized carbons (Fsp3) is 0.480. The summed E-state index contributed by atoms with van der Waals surface area (Å²) < 4.78 is 5.63. The Morgan fingerprint density at radius 1 is 1.22 bits per heavy atom. The minimum Gasteiger partial charge on any atom is -0.422 e. The van der Waals surface area contributed by atoms with E-state index in [0.29, 0.717) is 12.3 Å². The van der Waals surface area contributed by atoms with E-state index in [9.17, 15) is 19.5 Å². The number of nitrogens with zero attached hydrogens (tertiary/aromatic N) is 3. The lowest BCUT2D eigenvalue weighted by Crippen LogP contribution is -2.48. The van der Waals surface area contributed by atoms with Gasteiger partial charge in [0.2, 0.25) is 17.7 Å². The Hall–Kier alpha value is -3.73. The van der Waals surface area contributed by atoms with Crippen molar-refractivity contribution in [2.24, 2.45) is 5.92 Å². The van der Waals surface area contributed by atoms with Crippen molar-refractivity contribution < 1.29 is 23.9 Å². The second-order valence-electron chi connectivity index (χ2n) is 10.5. The number of para-hydroxylation sites is 1. The summed E-state index contributed by atoms with van der Waals surface area (Å²) in [7, 11) is 0. The standard InChI is InChI=1S/C25H32N6O5/c1-13(2)19(20(33)21-29-30-23(36-21)25(3,4)5)28-18(32)12-31-22(34)17(27-24(31)35)10-14-11-26-16-9-7-6-8-15(14)16/h6-9,11,13,17,19-20,26,33H,10,12H2,1-5H3,(H,27,35)(H,28,32)/t17-,19+,20?/m1/s1. The van der Waals surface area contributed by atoms with Gasteiger partial charge in [0.05, 0.1) is 6.04 Å². The fourth-order valence-corrected chi connectivity index (χ4v) is 4.18. The number of hydrogen-bond donors (Lipinski definition) is 4. The van der Waals surface area contributed by atoms with E-state index >= 15 is 0 Å². The van der Waals surface area contributed by atoms with Crippen molar-refractivity contribution in [3.05, 3.63) is 47.8 Å². The number of H-pyrrole nitrogens is 1. The number of urea groups is 1. The van der Waals surface area contributed by atoms with Gasteiger partial charge in [0.15, 0.2) is 6.10 Å². The number of aromatic nitrogens is 3. The molecule has 2 aromatic heterocycles. The number of hydrogen-bond acceptors (Lipinski definition) is 7. The zero-order valence-corrected chi connectivity index (χ0v) is 21.0. The zero-order chi connectivity index (χ0) is 26.2. The Morgan fingerprint density at radius 2 is 1.94 bits per heavy atom. The van der Waals surface area contributed by atoms with Gasteiger partial charge in [-0.05, 0) is 17.5 Å². The number of imide groups is 1. The molecule has 1 unspecified atom stereocenters. The molecule has 0 aliphatic carbocycles. The molecule has 1 aliphatic heterocycles. The maximum Gasteiger partial charge on any atom is 0.325 e. The number of aliphatic hydroxyl groups excluding tert-OH is 1. The lowest BCUT2D eigenvalue weighted by Gasteiger charge is -2.26. The van der Waals surface area contributed by atoms with Crippen LogP contribution in [0.2, 0.25) is 0 Å². The number of aliphatic hydroxyl groups is 1. The molecule has 1 fully saturated rings. The molecule has 3 aromatic rings. The fourth-order valence-electron chi connectivity index (χ4n) is 4.18. The monoisotopic (exact) mass is 496 g/mol. The van der Waals surface area contributed by atoms with Crippen molar-refractivity contribution in [2.45, 2.75) is 64.6 Å². The summed E-state index contributed by atoms with van der Waals surface area (Å²) in [6.45, 7) is 8.88. The van der Waals surface area contributed by atoms with Crippen molar-refractivity contribution in [3.8, 4) is 0 Å². The van der Waals surface area contributed by atoms with Crippen molar-refractivity contribution >= 4 is 28.7 Å². The summed E-state index contributed by atoms with van der Waals surface area (Å²) in [6.07, 6.45) is 0.861. The normalized spacial score (nSPS) is 18.1. The van der Waals surface area contributed by atoms with Crippen LogP contribution >= 0.6 is 0 Å². The van der Waals surface area contributed by atoms with Crippen LogP contribution in [0.5, 0.6) is 0 Å². The van der Waals surface area contributed by atoms with E-state index < -0.39 is 48.0 Å². The lowest BCUT2D eigenvalue weighted by molar-refractivity contribution is -0.133. The van der Waals surface area contributed by atoms with Gasteiger partial charge >= 0.3 is 6.03 Å². The Bertz CT molecular complexity index is 1270. The van der Waals surface area contributed by atoms with Crippen LogP contribution in [0, 0.1) is 5.92 Å².